The zero-order chi connectivity index (χ0) is 14.3. The summed E-state index contributed by atoms with van der Waals surface area (Å²) in [6.45, 7) is 4.19. The van der Waals surface area contributed by atoms with E-state index in [0.717, 1.165) is 11.1 Å². The number of hydrogen-bond donors (Lipinski definition) is 1. The lowest BCUT2D eigenvalue weighted by Gasteiger charge is -2.07. The van der Waals surface area contributed by atoms with Gasteiger partial charge in [0.15, 0.2) is 0 Å². The number of ether oxygens (including phenoxy) is 2. The number of carbonyl (C=O) groups excluding carboxylic acids is 1. The van der Waals surface area contributed by atoms with E-state index in [1.165, 1.54) is 13.2 Å². The first-order chi connectivity index (χ1) is 9.02. The summed E-state index contributed by atoms with van der Waals surface area (Å²) in [6.07, 6.45) is 8.24. The molecule has 0 amide bonds. The van der Waals surface area contributed by atoms with Crippen LogP contribution in [0.4, 0.5) is 0 Å². The van der Waals surface area contributed by atoms with Gasteiger partial charge in [0.1, 0.15) is 18.5 Å². The fraction of sp³-hybridized carbons (Fsp3) is 0.400. The minimum Gasteiger partial charge on any atom is -0.509 e. The number of hydrogen-bond acceptors (Lipinski definition) is 4. The van der Waals surface area contributed by atoms with Gasteiger partial charge in [0.05, 0.1) is 6.42 Å². The first-order valence-corrected chi connectivity index (χ1v) is 6.12. The predicted octanol–water partition coefficient (Wildman–Crippen LogP) is 2.84. The van der Waals surface area contributed by atoms with E-state index in [1.807, 2.05) is 19.9 Å². The Balaban J connectivity index is 2.54. The summed E-state index contributed by atoms with van der Waals surface area (Å²) < 4.78 is 10.1. The first kappa shape index (κ1) is 15.2. The second-order valence-corrected chi connectivity index (χ2v) is 4.49. The van der Waals surface area contributed by atoms with Gasteiger partial charge in [-0.2, -0.15) is 0 Å². The fourth-order valence-corrected chi connectivity index (χ4v) is 1.49. The molecule has 0 fully saturated rings. The molecular formula is C15H20O4. The smallest absolute Gasteiger partial charge is 0.310 e. The Morgan fingerprint density at radius 1 is 1.42 bits per heavy atom. The molecule has 0 saturated carbocycles. The summed E-state index contributed by atoms with van der Waals surface area (Å²) in [6, 6.07) is 0. The maximum atomic E-state index is 11.6. The third-order valence-electron chi connectivity index (χ3n) is 2.58. The van der Waals surface area contributed by atoms with Crippen molar-refractivity contribution in [3.63, 3.8) is 0 Å². The molecule has 0 heterocycles. The molecule has 0 aromatic rings. The number of allylic oxidation sites excluding steroid dienone is 4. The first-order valence-electron chi connectivity index (χ1n) is 6.12. The van der Waals surface area contributed by atoms with Gasteiger partial charge < -0.3 is 14.6 Å². The quantitative estimate of drug-likeness (QED) is 0.613. The molecule has 1 rings (SSSR count). The van der Waals surface area contributed by atoms with Crippen LogP contribution in [0.3, 0.4) is 0 Å². The van der Waals surface area contributed by atoms with E-state index in [1.54, 1.807) is 18.2 Å². The monoisotopic (exact) mass is 264 g/mol. The van der Waals surface area contributed by atoms with Crippen LogP contribution in [0.1, 0.15) is 20.3 Å². The van der Waals surface area contributed by atoms with Gasteiger partial charge in [-0.15, -0.1) is 0 Å². The average Bonchev–Trinajstić information content (AvgIpc) is 2.51. The van der Waals surface area contributed by atoms with Crippen molar-refractivity contribution in [1.29, 1.82) is 0 Å². The SMILES string of the molecule is COC1C=CC(CC(=O)OCC=C(C)C)=CC=C1O. The molecule has 0 bridgehead atoms. The van der Waals surface area contributed by atoms with E-state index in [0.29, 0.717) is 6.61 Å². The van der Waals surface area contributed by atoms with E-state index >= 15 is 0 Å². The Labute approximate surface area is 113 Å². The topological polar surface area (TPSA) is 55.8 Å². The number of aliphatic hydroxyl groups excluding tert-OH is 1. The molecule has 1 atom stereocenters. The fourth-order valence-electron chi connectivity index (χ4n) is 1.49. The van der Waals surface area contributed by atoms with Gasteiger partial charge in [0.2, 0.25) is 0 Å². The van der Waals surface area contributed by atoms with Crippen molar-refractivity contribution in [2.75, 3.05) is 13.7 Å². The largest absolute Gasteiger partial charge is 0.509 e. The zero-order valence-corrected chi connectivity index (χ0v) is 11.6. The van der Waals surface area contributed by atoms with Crippen LogP contribution in [0.25, 0.3) is 0 Å². The van der Waals surface area contributed by atoms with Gasteiger partial charge in [-0.25, -0.2) is 0 Å². The molecule has 104 valence electrons. The van der Waals surface area contributed by atoms with Crippen molar-refractivity contribution in [3.8, 4) is 0 Å². The van der Waals surface area contributed by atoms with Crippen LogP contribution in [0.15, 0.2) is 47.3 Å². The van der Waals surface area contributed by atoms with Gasteiger partial charge >= 0.3 is 5.97 Å². The average molecular weight is 264 g/mol. The van der Waals surface area contributed by atoms with Crippen molar-refractivity contribution < 1.29 is 19.4 Å². The molecule has 0 saturated heterocycles. The standard InChI is InChI=1S/C15H20O4/c1-11(2)8-9-19-15(17)10-12-4-6-13(16)14(18-3)7-5-12/h4-8,14,16H,9-10H2,1-3H3. The molecule has 1 N–H and O–H groups in total. The molecule has 0 aliphatic heterocycles. The molecule has 0 aromatic heterocycles. The Kier molecular flexibility index (Phi) is 6.09. The van der Waals surface area contributed by atoms with Crippen LogP contribution >= 0.6 is 0 Å². The number of aliphatic hydroxyl groups is 1. The minimum absolute atomic E-state index is 0.117. The highest BCUT2D eigenvalue weighted by Gasteiger charge is 2.12. The molecule has 0 spiro atoms. The van der Waals surface area contributed by atoms with Crippen LogP contribution < -0.4 is 0 Å². The van der Waals surface area contributed by atoms with Crippen LogP contribution in [0.5, 0.6) is 0 Å². The Morgan fingerprint density at radius 2 is 2.16 bits per heavy atom. The molecular weight excluding hydrogens is 244 g/mol. The van der Waals surface area contributed by atoms with Crippen LogP contribution in [-0.2, 0) is 14.3 Å². The van der Waals surface area contributed by atoms with Crippen LogP contribution in [0.2, 0.25) is 0 Å². The van der Waals surface area contributed by atoms with Crippen LogP contribution in [-0.4, -0.2) is 30.9 Å². The van der Waals surface area contributed by atoms with Gasteiger partial charge in [-0.3, -0.25) is 4.79 Å². The van der Waals surface area contributed by atoms with Crippen LogP contribution in [0, 0.1) is 0 Å². The molecule has 4 nitrogen and oxygen atoms in total. The van der Waals surface area contributed by atoms with E-state index in [4.69, 9.17) is 9.47 Å². The van der Waals surface area contributed by atoms with Crippen molar-refractivity contribution in [1.82, 2.24) is 0 Å². The highest BCUT2D eigenvalue weighted by molar-refractivity contribution is 5.73. The zero-order valence-electron chi connectivity index (χ0n) is 11.6. The number of esters is 1. The Bertz CT molecular complexity index is 437. The van der Waals surface area contributed by atoms with E-state index in [2.05, 4.69) is 0 Å². The third kappa shape index (κ3) is 5.57. The van der Waals surface area contributed by atoms with Gasteiger partial charge in [-0.1, -0.05) is 17.7 Å². The summed E-state index contributed by atoms with van der Waals surface area (Å²) in [5.41, 5.74) is 1.88. The molecule has 19 heavy (non-hydrogen) atoms. The summed E-state index contributed by atoms with van der Waals surface area (Å²) in [4.78, 5) is 11.6. The molecule has 0 radical (unpaired) electrons. The molecule has 1 aliphatic carbocycles. The second kappa shape index (κ2) is 7.59. The maximum Gasteiger partial charge on any atom is 0.310 e. The van der Waals surface area contributed by atoms with E-state index in [-0.39, 0.29) is 18.1 Å². The van der Waals surface area contributed by atoms with Crippen molar-refractivity contribution >= 4 is 5.97 Å². The second-order valence-electron chi connectivity index (χ2n) is 4.49. The lowest BCUT2D eigenvalue weighted by molar-refractivity contribution is -0.141. The normalized spacial score (nSPS) is 18.2. The highest BCUT2D eigenvalue weighted by atomic mass is 16.5. The number of carbonyl (C=O) groups is 1. The van der Waals surface area contributed by atoms with Crippen molar-refractivity contribution in [3.05, 3.63) is 47.3 Å². The molecule has 1 aliphatic rings. The molecule has 4 heteroatoms. The summed E-state index contributed by atoms with van der Waals surface area (Å²) in [5.74, 6) is -0.177. The summed E-state index contributed by atoms with van der Waals surface area (Å²) >= 11 is 0. The predicted molar refractivity (Wildman–Crippen MR) is 73.7 cm³/mol. The molecule has 0 aromatic carbocycles. The Morgan fingerprint density at radius 3 is 2.79 bits per heavy atom. The van der Waals surface area contributed by atoms with E-state index in [9.17, 15) is 9.90 Å². The lowest BCUT2D eigenvalue weighted by Crippen LogP contribution is -2.09. The lowest BCUT2D eigenvalue weighted by atomic mass is 10.1. The van der Waals surface area contributed by atoms with Crippen molar-refractivity contribution in [2.24, 2.45) is 0 Å². The summed E-state index contributed by atoms with van der Waals surface area (Å²) in [5, 5.41) is 9.62. The third-order valence-corrected chi connectivity index (χ3v) is 2.58. The summed E-state index contributed by atoms with van der Waals surface area (Å²) in [7, 11) is 1.51. The van der Waals surface area contributed by atoms with Crippen molar-refractivity contribution in [2.45, 2.75) is 26.4 Å². The number of methoxy groups -OCH3 is 1. The minimum atomic E-state index is -0.463. The Hall–Kier alpha value is -1.81. The molecule has 1 unspecified atom stereocenters. The van der Waals surface area contributed by atoms with Gasteiger partial charge in [-0.05, 0) is 37.6 Å². The number of rotatable bonds is 5. The van der Waals surface area contributed by atoms with Gasteiger partial charge in [0, 0.05) is 7.11 Å². The highest BCUT2D eigenvalue weighted by Crippen LogP contribution is 2.15. The van der Waals surface area contributed by atoms with Gasteiger partial charge in [0.25, 0.3) is 0 Å². The van der Waals surface area contributed by atoms with E-state index < -0.39 is 6.10 Å². The maximum absolute atomic E-state index is 11.6.